The maximum atomic E-state index is 12.1. The van der Waals surface area contributed by atoms with Crippen molar-refractivity contribution in [1.29, 1.82) is 0 Å². The molecule has 5 heteroatoms. The highest BCUT2D eigenvalue weighted by Crippen LogP contribution is 2.37. The van der Waals surface area contributed by atoms with Crippen molar-refractivity contribution in [3.8, 4) is 5.75 Å². The Kier molecular flexibility index (Phi) is 12.7. The standard InChI is InChI=1S/C24H38N2O2.ClH/c1-2-3-4-5-6-7-8-9-10-11-16-20-17-21(19-14-12-13-15-19)18-22(23(20)27)24(28)26-25;/h2,17-19,27H,1,3-16,25H2,(H,26,28);1H. The molecule has 0 atom stereocenters. The number of hydrogen-bond donors (Lipinski definition) is 3. The summed E-state index contributed by atoms with van der Waals surface area (Å²) in [7, 11) is 0. The van der Waals surface area contributed by atoms with E-state index in [0.29, 0.717) is 11.5 Å². The lowest BCUT2D eigenvalue weighted by Gasteiger charge is -2.16. The lowest BCUT2D eigenvalue weighted by atomic mass is 9.91. The van der Waals surface area contributed by atoms with E-state index >= 15 is 0 Å². The van der Waals surface area contributed by atoms with Crippen molar-refractivity contribution in [1.82, 2.24) is 5.43 Å². The number of nitrogens with two attached hydrogens (primary N) is 1. The number of allylic oxidation sites excluding steroid dienone is 1. The molecule has 0 unspecified atom stereocenters. The number of rotatable bonds is 13. The molecular weight excluding hydrogens is 384 g/mol. The number of aryl methyl sites for hydroxylation is 1. The lowest BCUT2D eigenvalue weighted by Crippen LogP contribution is -2.30. The Bertz CT molecular complexity index is 628. The van der Waals surface area contributed by atoms with Gasteiger partial charge in [0.1, 0.15) is 5.75 Å². The number of benzene rings is 1. The van der Waals surface area contributed by atoms with Gasteiger partial charge in [0.25, 0.3) is 5.91 Å². The first kappa shape index (κ1) is 25.5. The zero-order valence-electron chi connectivity index (χ0n) is 17.8. The van der Waals surface area contributed by atoms with Crippen LogP contribution in [0.25, 0.3) is 0 Å². The van der Waals surface area contributed by atoms with Gasteiger partial charge in [0.05, 0.1) is 5.56 Å². The molecule has 1 aromatic carbocycles. The smallest absolute Gasteiger partial charge is 0.268 e. The normalized spacial score (nSPS) is 13.8. The van der Waals surface area contributed by atoms with Crippen LogP contribution in [0, 0.1) is 0 Å². The third-order valence-corrected chi connectivity index (χ3v) is 6.02. The minimum Gasteiger partial charge on any atom is -0.507 e. The molecule has 0 radical (unpaired) electrons. The van der Waals surface area contributed by atoms with Crippen molar-refractivity contribution >= 4 is 18.3 Å². The zero-order chi connectivity index (χ0) is 20.2. The van der Waals surface area contributed by atoms with E-state index in [9.17, 15) is 9.90 Å². The SMILES string of the molecule is C=CCCCCCCCCCCc1cc(C2CCCC2)cc(C(=O)NN)c1O.Cl. The summed E-state index contributed by atoms with van der Waals surface area (Å²) in [5.41, 5.74) is 4.57. The molecule has 2 rings (SSSR count). The van der Waals surface area contributed by atoms with Crippen LogP contribution in [0.3, 0.4) is 0 Å². The van der Waals surface area contributed by atoms with Gasteiger partial charge < -0.3 is 5.11 Å². The summed E-state index contributed by atoms with van der Waals surface area (Å²) in [6, 6.07) is 3.96. The molecule has 0 aromatic heterocycles. The first-order chi connectivity index (χ1) is 13.7. The van der Waals surface area contributed by atoms with Gasteiger partial charge in [-0.1, -0.05) is 63.5 Å². The van der Waals surface area contributed by atoms with Crippen molar-refractivity contribution in [2.75, 3.05) is 0 Å². The van der Waals surface area contributed by atoms with Crippen LogP contribution >= 0.6 is 12.4 Å². The van der Waals surface area contributed by atoms with Crippen LogP contribution in [0.15, 0.2) is 24.8 Å². The number of unbranched alkanes of at least 4 members (excludes halogenated alkanes) is 8. The third kappa shape index (κ3) is 8.39. The van der Waals surface area contributed by atoms with Crippen LogP contribution in [-0.2, 0) is 6.42 Å². The maximum Gasteiger partial charge on any atom is 0.268 e. The summed E-state index contributed by atoms with van der Waals surface area (Å²) in [6.07, 6.45) is 18.7. The van der Waals surface area contributed by atoms with Gasteiger partial charge in [0.15, 0.2) is 0 Å². The largest absolute Gasteiger partial charge is 0.507 e. The molecule has 0 spiro atoms. The molecule has 1 aliphatic carbocycles. The summed E-state index contributed by atoms with van der Waals surface area (Å²) in [4.78, 5) is 12.1. The second-order valence-corrected chi connectivity index (χ2v) is 8.19. The average molecular weight is 423 g/mol. The molecule has 0 saturated heterocycles. The summed E-state index contributed by atoms with van der Waals surface area (Å²) in [5.74, 6) is 5.52. The maximum absolute atomic E-state index is 12.1. The van der Waals surface area contributed by atoms with E-state index in [2.05, 4.69) is 18.1 Å². The molecule has 1 aliphatic rings. The monoisotopic (exact) mass is 422 g/mol. The first-order valence-corrected chi connectivity index (χ1v) is 11.1. The van der Waals surface area contributed by atoms with E-state index in [4.69, 9.17) is 5.84 Å². The van der Waals surface area contributed by atoms with Gasteiger partial charge in [-0.3, -0.25) is 10.2 Å². The second-order valence-electron chi connectivity index (χ2n) is 8.19. The summed E-state index contributed by atoms with van der Waals surface area (Å²) in [5, 5.41) is 10.6. The van der Waals surface area contributed by atoms with Crippen LogP contribution in [-0.4, -0.2) is 11.0 Å². The van der Waals surface area contributed by atoms with Gasteiger partial charge in [-0.25, -0.2) is 5.84 Å². The number of phenols is 1. The van der Waals surface area contributed by atoms with Gasteiger partial charge in [-0.2, -0.15) is 0 Å². The molecule has 164 valence electrons. The van der Waals surface area contributed by atoms with Crippen molar-refractivity contribution in [2.24, 2.45) is 5.84 Å². The molecule has 0 bridgehead atoms. The number of hydrazine groups is 1. The summed E-state index contributed by atoms with van der Waals surface area (Å²) in [6.45, 7) is 3.76. The molecule has 4 N–H and O–H groups in total. The topological polar surface area (TPSA) is 75.4 Å². The van der Waals surface area contributed by atoms with Crippen molar-refractivity contribution in [2.45, 2.75) is 95.8 Å². The minimum atomic E-state index is -0.407. The Morgan fingerprint density at radius 3 is 2.24 bits per heavy atom. The Morgan fingerprint density at radius 1 is 1.07 bits per heavy atom. The predicted octanol–water partition coefficient (Wildman–Crippen LogP) is 6.31. The van der Waals surface area contributed by atoms with Crippen molar-refractivity contribution in [3.05, 3.63) is 41.5 Å². The van der Waals surface area contributed by atoms with E-state index in [0.717, 1.165) is 31.2 Å². The van der Waals surface area contributed by atoms with Crippen molar-refractivity contribution < 1.29 is 9.90 Å². The Balaban J connectivity index is 0.00000420. The predicted molar refractivity (Wildman–Crippen MR) is 124 cm³/mol. The number of phenolic OH excluding ortho intramolecular Hbond substituents is 1. The molecule has 4 nitrogen and oxygen atoms in total. The Labute approximate surface area is 182 Å². The third-order valence-electron chi connectivity index (χ3n) is 6.02. The minimum absolute atomic E-state index is 0. The Morgan fingerprint density at radius 2 is 1.66 bits per heavy atom. The summed E-state index contributed by atoms with van der Waals surface area (Å²) >= 11 is 0. The van der Waals surface area contributed by atoms with Crippen LogP contribution in [0.1, 0.15) is 111 Å². The number of carbonyl (C=O) groups is 1. The van der Waals surface area contributed by atoms with Crippen LogP contribution in [0.2, 0.25) is 0 Å². The van der Waals surface area contributed by atoms with E-state index in [1.165, 1.54) is 69.8 Å². The molecule has 0 aliphatic heterocycles. The van der Waals surface area contributed by atoms with Gasteiger partial charge in [0.2, 0.25) is 0 Å². The fourth-order valence-corrected chi connectivity index (χ4v) is 4.32. The van der Waals surface area contributed by atoms with Gasteiger partial charge in [-0.05, 0) is 61.6 Å². The number of nitrogens with one attached hydrogen (secondary N) is 1. The molecule has 1 saturated carbocycles. The molecule has 1 aromatic rings. The van der Waals surface area contributed by atoms with E-state index in [-0.39, 0.29) is 18.2 Å². The van der Waals surface area contributed by atoms with Gasteiger partial charge in [0, 0.05) is 0 Å². The molecule has 1 fully saturated rings. The number of nitrogen functional groups attached to an aromatic ring is 1. The number of aromatic hydroxyl groups is 1. The van der Waals surface area contributed by atoms with Crippen molar-refractivity contribution in [3.63, 3.8) is 0 Å². The summed E-state index contributed by atoms with van der Waals surface area (Å²) < 4.78 is 0. The van der Waals surface area contributed by atoms with E-state index in [1.54, 1.807) is 0 Å². The first-order valence-electron chi connectivity index (χ1n) is 11.1. The quantitative estimate of drug-likeness (QED) is 0.114. The molecule has 29 heavy (non-hydrogen) atoms. The average Bonchev–Trinajstić information content (AvgIpc) is 3.24. The Hall–Kier alpha value is -1.52. The molecule has 1 amide bonds. The van der Waals surface area contributed by atoms with Gasteiger partial charge >= 0.3 is 0 Å². The highest BCUT2D eigenvalue weighted by Gasteiger charge is 2.22. The second kappa shape index (κ2) is 14.5. The molecular formula is C24H39ClN2O2. The van der Waals surface area contributed by atoms with Crippen LogP contribution in [0.4, 0.5) is 0 Å². The lowest BCUT2D eigenvalue weighted by molar-refractivity contribution is 0.0950. The fourth-order valence-electron chi connectivity index (χ4n) is 4.32. The van der Waals surface area contributed by atoms with E-state index in [1.807, 2.05) is 12.1 Å². The highest BCUT2D eigenvalue weighted by atomic mass is 35.5. The van der Waals surface area contributed by atoms with Gasteiger partial charge in [-0.15, -0.1) is 19.0 Å². The number of carbonyl (C=O) groups excluding carboxylic acids is 1. The number of halogens is 1. The van der Waals surface area contributed by atoms with Crippen LogP contribution < -0.4 is 11.3 Å². The number of amides is 1. The number of hydrogen-bond acceptors (Lipinski definition) is 3. The highest BCUT2D eigenvalue weighted by molar-refractivity contribution is 5.97. The molecule has 0 heterocycles. The van der Waals surface area contributed by atoms with Crippen LogP contribution in [0.5, 0.6) is 5.75 Å². The zero-order valence-corrected chi connectivity index (χ0v) is 18.6. The fraction of sp³-hybridized carbons (Fsp3) is 0.625. The van der Waals surface area contributed by atoms with E-state index < -0.39 is 5.91 Å².